The number of aliphatic hydroxyl groups is 2. The first kappa shape index (κ1) is 15.7. The average molecular weight is 278 g/mol. The lowest BCUT2D eigenvalue weighted by molar-refractivity contribution is -0.271. The van der Waals surface area contributed by atoms with Crippen LogP contribution in [0.3, 0.4) is 0 Å². The first-order chi connectivity index (χ1) is 6.97. The van der Waals surface area contributed by atoms with Crippen LogP contribution in [0.5, 0.6) is 0 Å². The van der Waals surface area contributed by atoms with Crippen LogP contribution in [0, 0.1) is 0 Å². The number of aliphatic hydroxyl groups excluding tert-OH is 1. The van der Waals surface area contributed by atoms with E-state index in [1.165, 1.54) is 0 Å². The summed E-state index contributed by atoms with van der Waals surface area (Å²) in [6.45, 7) is -0.386. The highest BCUT2D eigenvalue weighted by molar-refractivity contribution is 7.86. The van der Waals surface area contributed by atoms with Crippen molar-refractivity contribution in [2.45, 2.75) is 18.8 Å². The molecule has 0 amide bonds. The van der Waals surface area contributed by atoms with E-state index in [-0.39, 0.29) is 13.0 Å². The van der Waals surface area contributed by atoms with Gasteiger partial charge >= 0.3 is 5.97 Å². The van der Waals surface area contributed by atoms with E-state index in [0.717, 1.165) is 0 Å². The zero-order valence-electron chi connectivity index (χ0n) is 8.78. The fourth-order valence-electron chi connectivity index (χ4n) is 0.873. The van der Waals surface area contributed by atoms with Crippen LogP contribution in [0.15, 0.2) is 0 Å². The zero-order valence-corrected chi connectivity index (χ0v) is 10.4. The Hall–Kier alpha value is -0.260. The molecule has 98 valence electrons. The van der Waals surface area contributed by atoms with Crippen molar-refractivity contribution in [2.24, 2.45) is 0 Å². The minimum absolute atomic E-state index is 0.0957. The van der Waals surface area contributed by atoms with Crippen molar-refractivity contribution in [3.8, 4) is 0 Å². The number of hydrogen-bond acceptors (Lipinski definition) is 8. The Morgan fingerprint density at radius 2 is 1.44 bits per heavy atom. The van der Waals surface area contributed by atoms with E-state index in [9.17, 15) is 21.9 Å². The zero-order chi connectivity index (χ0) is 13.0. The molecule has 0 fully saturated rings. The molecule has 16 heavy (non-hydrogen) atoms. The van der Waals surface area contributed by atoms with Crippen LogP contribution in [0.25, 0.3) is 0 Å². The largest absolute Gasteiger partial charge is 0.396 e. The number of rotatable bonds is 7. The average Bonchev–Trinajstić information content (AvgIpc) is 1.93. The van der Waals surface area contributed by atoms with Crippen molar-refractivity contribution in [2.75, 3.05) is 19.1 Å². The fraction of sp³-hybridized carbons (Fsp3) is 1.00. The van der Waals surface area contributed by atoms with Gasteiger partial charge in [-0.3, -0.25) is 0 Å². The Morgan fingerprint density at radius 1 is 1.06 bits per heavy atom. The van der Waals surface area contributed by atoms with Crippen LogP contribution in [0.2, 0.25) is 0 Å². The van der Waals surface area contributed by atoms with Gasteiger partial charge in [-0.25, -0.2) is 8.37 Å². The van der Waals surface area contributed by atoms with E-state index in [4.69, 9.17) is 5.11 Å². The van der Waals surface area contributed by atoms with Crippen molar-refractivity contribution >= 4 is 20.2 Å². The van der Waals surface area contributed by atoms with E-state index in [0.29, 0.717) is 12.5 Å². The third-order valence-electron chi connectivity index (χ3n) is 1.21. The summed E-state index contributed by atoms with van der Waals surface area (Å²) in [5, 5.41) is 18.0. The molecule has 0 aromatic rings. The Labute approximate surface area is 94.0 Å². The molecule has 0 aromatic carbocycles. The molecule has 0 saturated carbocycles. The molecule has 0 spiro atoms. The lowest BCUT2D eigenvalue weighted by Gasteiger charge is -2.24. The van der Waals surface area contributed by atoms with Gasteiger partial charge in [0.15, 0.2) is 0 Å². The van der Waals surface area contributed by atoms with Crippen LogP contribution in [-0.2, 0) is 28.6 Å². The summed E-state index contributed by atoms with van der Waals surface area (Å²) < 4.78 is 51.3. The van der Waals surface area contributed by atoms with Gasteiger partial charge in [0.05, 0.1) is 12.5 Å². The molecular weight excluding hydrogens is 264 g/mol. The molecule has 0 heterocycles. The van der Waals surface area contributed by atoms with Crippen LogP contribution in [0.4, 0.5) is 0 Å². The summed E-state index contributed by atoms with van der Waals surface area (Å²) in [5.41, 5.74) is 0. The molecule has 0 aliphatic heterocycles. The minimum Gasteiger partial charge on any atom is -0.396 e. The van der Waals surface area contributed by atoms with Crippen LogP contribution in [0.1, 0.15) is 12.8 Å². The smallest absolute Gasteiger partial charge is 0.310 e. The molecule has 0 unspecified atom stereocenters. The second-order valence-electron chi connectivity index (χ2n) is 3.11. The summed E-state index contributed by atoms with van der Waals surface area (Å²) in [6.07, 6.45) is 0.649. The Bertz CT molecular complexity index is 374. The monoisotopic (exact) mass is 278 g/mol. The van der Waals surface area contributed by atoms with E-state index in [1.807, 2.05) is 0 Å². The predicted octanol–water partition coefficient (Wildman–Crippen LogP) is -1.64. The van der Waals surface area contributed by atoms with Gasteiger partial charge in [-0.05, 0) is 6.42 Å². The maximum absolute atomic E-state index is 10.8. The van der Waals surface area contributed by atoms with Crippen molar-refractivity contribution < 1.29 is 35.4 Å². The third-order valence-corrected chi connectivity index (χ3v) is 2.34. The lowest BCUT2D eigenvalue weighted by Crippen LogP contribution is -2.39. The molecule has 2 N–H and O–H groups in total. The van der Waals surface area contributed by atoms with E-state index < -0.39 is 32.6 Å². The lowest BCUT2D eigenvalue weighted by atomic mass is 10.3. The van der Waals surface area contributed by atoms with Crippen molar-refractivity contribution in [3.63, 3.8) is 0 Å². The molecule has 0 radical (unpaired) electrons. The normalized spacial score (nSPS) is 14.0. The SMILES string of the molecule is CS(=O)(=O)OC(O)(CCCO)OS(C)(=O)=O. The Morgan fingerprint density at radius 3 is 1.69 bits per heavy atom. The van der Waals surface area contributed by atoms with E-state index in [2.05, 4.69) is 8.37 Å². The molecule has 10 heteroatoms. The first-order valence-electron chi connectivity index (χ1n) is 4.12. The molecule has 0 rings (SSSR count). The highest BCUT2D eigenvalue weighted by atomic mass is 32.2. The molecule has 0 saturated heterocycles. The topological polar surface area (TPSA) is 127 Å². The van der Waals surface area contributed by atoms with Crippen molar-refractivity contribution in [1.82, 2.24) is 0 Å². The highest BCUT2D eigenvalue weighted by Gasteiger charge is 2.37. The van der Waals surface area contributed by atoms with E-state index in [1.54, 1.807) is 0 Å². The Balaban J connectivity index is 4.88. The van der Waals surface area contributed by atoms with Gasteiger partial charge in [0.25, 0.3) is 20.2 Å². The summed E-state index contributed by atoms with van der Waals surface area (Å²) in [5.74, 6) is -2.82. The van der Waals surface area contributed by atoms with Gasteiger partial charge in [-0.2, -0.15) is 16.8 Å². The Kier molecular flexibility index (Phi) is 5.29. The molecule has 0 atom stereocenters. The maximum atomic E-state index is 10.8. The van der Waals surface area contributed by atoms with Gasteiger partial charge in [0.1, 0.15) is 0 Å². The summed E-state index contributed by atoms with van der Waals surface area (Å²) in [7, 11) is -8.21. The maximum Gasteiger partial charge on any atom is 0.310 e. The van der Waals surface area contributed by atoms with Crippen LogP contribution < -0.4 is 0 Å². The van der Waals surface area contributed by atoms with Crippen LogP contribution >= 0.6 is 0 Å². The highest BCUT2D eigenvalue weighted by Crippen LogP contribution is 2.21. The van der Waals surface area contributed by atoms with Crippen LogP contribution in [-0.4, -0.2) is 52.1 Å². The quantitative estimate of drug-likeness (QED) is 0.419. The standard InChI is InChI=1S/C6H14O8S2/c1-15(9,10)13-6(8,4-3-5-7)14-16(2,11)12/h7-8H,3-5H2,1-2H3. The molecule has 0 bridgehead atoms. The molecule has 0 aliphatic carbocycles. The molecule has 0 aromatic heterocycles. The molecule has 8 nitrogen and oxygen atoms in total. The summed E-state index contributed by atoms with van der Waals surface area (Å²) in [6, 6.07) is 0. The second kappa shape index (κ2) is 5.38. The predicted molar refractivity (Wildman–Crippen MR) is 53.1 cm³/mol. The van der Waals surface area contributed by atoms with Gasteiger partial charge < -0.3 is 10.2 Å². The molecule has 0 aliphatic rings. The van der Waals surface area contributed by atoms with Crippen molar-refractivity contribution in [1.29, 1.82) is 0 Å². The summed E-state index contributed by atoms with van der Waals surface area (Å²) in [4.78, 5) is 0. The first-order valence-corrected chi connectivity index (χ1v) is 7.75. The van der Waals surface area contributed by atoms with Gasteiger partial charge in [0.2, 0.25) is 0 Å². The third kappa shape index (κ3) is 7.96. The number of hydrogen-bond donors (Lipinski definition) is 2. The minimum atomic E-state index is -4.11. The fourth-order valence-corrected chi connectivity index (χ4v) is 2.10. The van der Waals surface area contributed by atoms with Gasteiger partial charge in [-0.15, -0.1) is 0 Å². The van der Waals surface area contributed by atoms with E-state index >= 15 is 0 Å². The van der Waals surface area contributed by atoms with Gasteiger partial charge in [-0.1, -0.05) is 0 Å². The van der Waals surface area contributed by atoms with Crippen molar-refractivity contribution in [3.05, 3.63) is 0 Å². The second-order valence-corrected chi connectivity index (χ2v) is 6.26. The van der Waals surface area contributed by atoms with Gasteiger partial charge in [0, 0.05) is 13.0 Å². The summed E-state index contributed by atoms with van der Waals surface area (Å²) >= 11 is 0. The molecular formula is C6H14O8S2.